The normalized spacial score (nSPS) is 21.7. The van der Waals surface area contributed by atoms with Crippen molar-refractivity contribution in [3.8, 4) is 0 Å². The maximum Gasteiger partial charge on any atom is 0.229 e. The first-order valence-corrected chi connectivity index (χ1v) is 4.58. The van der Waals surface area contributed by atoms with E-state index in [2.05, 4.69) is 4.98 Å². The molecule has 1 aromatic heterocycles. The van der Waals surface area contributed by atoms with Gasteiger partial charge in [-0.2, -0.15) is 0 Å². The molecule has 1 N–H and O–H groups in total. The van der Waals surface area contributed by atoms with Gasteiger partial charge in [0.2, 0.25) is 5.91 Å². The lowest BCUT2D eigenvalue weighted by Crippen LogP contribution is -2.25. The second-order valence-corrected chi connectivity index (χ2v) is 3.52. The Morgan fingerprint density at radius 3 is 3.00 bits per heavy atom. The number of amides is 1. The lowest BCUT2D eigenvalue weighted by Gasteiger charge is -2.15. The predicted molar refractivity (Wildman–Crippen MR) is 52.0 cm³/mol. The van der Waals surface area contributed by atoms with Gasteiger partial charge in [0.05, 0.1) is 19.1 Å². The van der Waals surface area contributed by atoms with Crippen LogP contribution in [-0.2, 0) is 4.79 Å². The Bertz CT molecular complexity index is 365. The molecule has 1 amide bonds. The summed E-state index contributed by atoms with van der Waals surface area (Å²) in [7, 11) is 0. The number of nitrogens with zero attached hydrogens (tertiary/aromatic N) is 2. The van der Waals surface area contributed by atoms with Gasteiger partial charge >= 0.3 is 0 Å². The second kappa shape index (κ2) is 3.38. The molecule has 1 aliphatic heterocycles. The molecule has 0 aromatic carbocycles. The van der Waals surface area contributed by atoms with Crippen LogP contribution in [0.2, 0.25) is 0 Å². The Hall–Kier alpha value is -1.42. The summed E-state index contributed by atoms with van der Waals surface area (Å²) in [6, 6.07) is 3.62. The van der Waals surface area contributed by atoms with Crippen molar-refractivity contribution in [2.24, 2.45) is 0 Å². The average Bonchev–Trinajstić information content (AvgIpc) is 2.45. The highest BCUT2D eigenvalue weighted by atomic mass is 16.3. The second-order valence-electron chi connectivity index (χ2n) is 3.52. The molecule has 4 heteroatoms. The smallest absolute Gasteiger partial charge is 0.229 e. The van der Waals surface area contributed by atoms with Crippen molar-refractivity contribution in [1.29, 1.82) is 0 Å². The molecule has 14 heavy (non-hydrogen) atoms. The number of hydrogen-bond acceptors (Lipinski definition) is 3. The minimum Gasteiger partial charge on any atom is -0.391 e. The number of aliphatic hydroxyl groups is 1. The van der Waals surface area contributed by atoms with Crippen molar-refractivity contribution >= 4 is 11.6 Å². The van der Waals surface area contributed by atoms with Gasteiger partial charge in [0, 0.05) is 17.6 Å². The van der Waals surface area contributed by atoms with Crippen LogP contribution in [0.15, 0.2) is 18.3 Å². The molecule has 4 nitrogen and oxygen atoms in total. The fourth-order valence-corrected chi connectivity index (χ4v) is 1.64. The summed E-state index contributed by atoms with van der Waals surface area (Å²) in [6.07, 6.45) is 1.36. The van der Waals surface area contributed by atoms with Gasteiger partial charge in [0.15, 0.2) is 0 Å². The van der Waals surface area contributed by atoms with Gasteiger partial charge < -0.3 is 10.0 Å². The summed E-state index contributed by atoms with van der Waals surface area (Å²) in [5.74, 6) is -0.0249. The highest BCUT2D eigenvalue weighted by Gasteiger charge is 2.28. The summed E-state index contributed by atoms with van der Waals surface area (Å²) in [6.45, 7) is 2.27. The molecular weight excluding hydrogens is 180 g/mol. The lowest BCUT2D eigenvalue weighted by molar-refractivity contribution is -0.117. The number of β-amino-alcohol motifs (C(OH)–C–C–N with tert-alkyl or cyclic N) is 1. The van der Waals surface area contributed by atoms with Crippen LogP contribution < -0.4 is 4.90 Å². The van der Waals surface area contributed by atoms with Crippen LogP contribution in [0.1, 0.15) is 12.1 Å². The molecule has 74 valence electrons. The van der Waals surface area contributed by atoms with Crippen LogP contribution >= 0.6 is 0 Å². The van der Waals surface area contributed by atoms with E-state index in [1.165, 1.54) is 0 Å². The summed E-state index contributed by atoms with van der Waals surface area (Å²) in [4.78, 5) is 17.1. The van der Waals surface area contributed by atoms with E-state index in [1.54, 1.807) is 17.2 Å². The Kier molecular flexibility index (Phi) is 2.21. The molecule has 0 aliphatic carbocycles. The van der Waals surface area contributed by atoms with Crippen LogP contribution in [0.3, 0.4) is 0 Å². The van der Waals surface area contributed by atoms with Gasteiger partial charge in [-0.05, 0) is 19.1 Å². The van der Waals surface area contributed by atoms with E-state index in [0.717, 1.165) is 11.4 Å². The highest BCUT2D eigenvalue weighted by molar-refractivity contribution is 5.96. The number of aromatic nitrogens is 1. The number of pyridine rings is 1. The van der Waals surface area contributed by atoms with E-state index in [9.17, 15) is 9.90 Å². The Labute approximate surface area is 82.2 Å². The van der Waals surface area contributed by atoms with E-state index in [4.69, 9.17) is 0 Å². The monoisotopic (exact) mass is 192 g/mol. The van der Waals surface area contributed by atoms with Crippen LogP contribution in [-0.4, -0.2) is 28.6 Å². The van der Waals surface area contributed by atoms with Gasteiger partial charge in [-0.25, -0.2) is 0 Å². The topological polar surface area (TPSA) is 53.4 Å². The number of anilines is 1. The third-order valence-corrected chi connectivity index (χ3v) is 2.30. The molecule has 1 fully saturated rings. The summed E-state index contributed by atoms with van der Waals surface area (Å²) < 4.78 is 0. The maximum atomic E-state index is 11.4. The Balaban J connectivity index is 2.27. The number of aryl methyl sites for hydroxylation is 1. The Morgan fingerprint density at radius 1 is 1.64 bits per heavy atom. The minimum absolute atomic E-state index is 0.0249. The van der Waals surface area contributed by atoms with Gasteiger partial charge in [-0.15, -0.1) is 0 Å². The largest absolute Gasteiger partial charge is 0.391 e. The van der Waals surface area contributed by atoms with Gasteiger partial charge in [-0.3, -0.25) is 9.78 Å². The first-order chi connectivity index (χ1) is 6.66. The molecule has 0 radical (unpaired) electrons. The first kappa shape index (κ1) is 9.15. The first-order valence-electron chi connectivity index (χ1n) is 4.58. The summed E-state index contributed by atoms with van der Waals surface area (Å²) in [5, 5.41) is 9.32. The zero-order valence-electron chi connectivity index (χ0n) is 7.97. The average molecular weight is 192 g/mol. The van der Waals surface area contributed by atoms with Gasteiger partial charge in [0.25, 0.3) is 0 Å². The van der Waals surface area contributed by atoms with Crippen LogP contribution in [0, 0.1) is 6.92 Å². The Morgan fingerprint density at radius 2 is 2.43 bits per heavy atom. The SMILES string of the molecule is Cc1cc(N2CC(O)CC2=O)ccn1. The standard InChI is InChI=1S/C10H12N2O2/c1-7-4-8(2-3-11-7)12-6-9(13)5-10(12)14/h2-4,9,13H,5-6H2,1H3. The van der Waals surface area contributed by atoms with Crippen molar-refractivity contribution in [1.82, 2.24) is 4.98 Å². The number of aliphatic hydroxyl groups excluding tert-OH is 1. The van der Waals surface area contributed by atoms with E-state index < -0.39 is 6.10 Å². The van der Waals surface area contributed by atoms with Crippen LogP contribution in [0.25, 0.3) is 0 Å². The quantitative estimate of drug-likeness (QED) is 0.704. The molecular formula is C10H12N2O2. The number of rotatable bonds is 1. The zero-order chi connectivity index (χ0) is 10.1. The highest BCUT2D eigenvalue weighted by Crippen LogP contribution is 2.21. The molecule has 0 spiro atoms. The molecule has 1 atom stereocenters. The molecule has 2 heterocycles. The zero-order valence-corrected chi connectivity index (χ0v) is 7.97. The van der Waals surface area contributed by atoms with E-state index >= 15 is 0 Å². The molecule has 1 aliphatic rings. The molecule has 1 unspecified atom stereocenters. The third-order valence-electron chi connectivity index (χ3n) is 2.30. The third kappa shape index (κ3) is 1.61. The van der Waals surface area contributed by atoms with Gasteiger partial charge in [-0.1, -0.05) is 0 Å². The molecule has 2 rings (SSSR count). The number of carbonyl (C=O) groups is 1. The molecule has 0 bridgehead atoms. The van der Waals surface area contributed by atoms with Crippen molar-refractivity contribution in [2.75, 3.05) is 11.4 Å². The minimum atomic E-state index is -0.532. The van der Waals surface area contributed by atoms with Crippen LogP contribution in [0.4, 0.5) is 5.69 Å². The fraction of sp³-hybridized carbons (Fsp3) is 0.400. The van der Waals surface area contributed by atoms with Gasteiger partial charge in [0.1, 0.15) is 0 Å². The maximum absolute atomic E-state index is 11.4. The summed E-state index contributed by atoms with van der Waals surface area (Å²) in [5.41, 5.74) is 1.69. The van der Waals surface area contributed by atoms with Crippen molar-refractivity contribution < 1.29 is 9.90 Å². The van der Waals surface area contributed by atoms with E-state index in [1.807, 2.05) is 13.0 Å². The number of carbonyl (C=O) groups excluding carboxylic acids is 1. The lowest BCUT2D eigenvalue weighted by atomic mass is 10.3. The van der Waals surface area contributed by atoms with E-state index in [0.29, 0.717) is 6.54 Å². The molecule has 0 saturated carbocycles. The fourth-order valence-electron chi connectivity index (χ4n) is 1.64. The number of hydrogen-bond donors (Lipinski definition) is 1. The molecule has 1 aromatic rings. The summed E-state index contributed by atoms with van der Waals surface area (Å²) >= 11 is 0. The van der Waals surface area contributed by atoms with E-state index in [-0.39, 0.29) is 12.3 Å². The van der Waals surface area contributed by atoms with Crippen molar-refractivity contribution in [3.05, 3.63) is 24.0 Å². The molecule has 1 saturated heterocycles. The van der Waals surface area contributed by atoms with Crippen LogP contribution in [0.5, 0.6) is 0 Å². The predicted octanol–water partition coefficient (Wildman–Crippen LogP) is 0.488. The van der Waals surface area contributed by atoms with Crippen molar-refractivity contribution in [2.45, 2.75) is 19.4 Å². The van der Waals surface area contributed by atoms with Crippen molar-refractivity contribution in [3.63, 3.8) is 0 Å².